The van der Waals surface area contributed by atoms with Crippen molar-refractivity contribution in [3.05, 3.63) is 99.1 Å². The number of anilines is 1. The summed E-state index contributed by atoms with van der Waals surface area (Å²) in [6.07, 6.45) is 1.36. The number of urea groups is 1. The van der Waals surface area contributed by atoms with Gasteiger partial charge in [0, 0.05) is 6.07 Å². The Kier molecular flexibility index (Phi) is 7.52. The van der Waals surface area contributed by atoms with E-state index in [9.17, 15) is 24.5 Å². The van der Waals surface area contributed by atoms with Gasteiger partial charge in [-0.25, -0.2) is 9.69 Å². The SMILES string of the molecule is COc1cc(/C=C2/C(=O)NC(=O)N(c3ccc(C(C)C)cc3)C2=O)ccc1OCc1ccccc1[N+](=O)[O-]. The molecule has 1 aliphatic rings. The highest BCUT2D eigenvalue weighted by atomic mass is 16.6. The van der Waals surface area contributed by atoms with E-state index in [-0.39, 0.29) is 23.8 Å². The van der Waals surface area contributed by atoms with Gasteiger partial charge < -0.3 is 9.47 Å². The summed E-state index contributed by atoms with van der Waals surface area (Å²) in [5, 5.41) is 13.5. The number of carbonyl (C=O) groups is 3. The van der Waals surface area contributed by atoms with Crippen LogP contribution in [0.4, 0.5) is 16.2 Å². The number of nitrogens with one attached hydrogen (secondary N) is 1. The molecule has 0 aromatic heterocycles. The van der Waals surface area contributed by atoms with Crippen LogP contribution in [0.2, 0.25) is 0 Å². The molecule has 3 aromatic rings. The first-order valence-corrected chi connectivity index (χ1v) is 11.7. The number of hydrogen-bond acceptors (Lipinski definition) is 7. The zero-order valence-electron chi connectivity index (χ0n) is 21.0. The third kappa shape index (κ3) is 5.39. The highest BCUT2D eigenvalue weighted by Crippen LogP contribution is 2.31. The number of carbonyl (C=O) groups excluding carboxylic acids is 3. The van der Waals surface area contributed by atoms with Crippen LogP contribution in [0.15, 0.2) is 72.3 Å². The van der Waals surface area contributed by atoms with E-state index in [1.54, 1.807) is 48.5 Å². The predicted octanol–water partition coefficient (Wildman–Crippen LogP) is 4.97. The van der Waals surface area contributed by atoms with Crippen LogP contribution >= 0.6 is 0 Å². The van der Waals surface area contributed by atoms with Gasteiger partial charge in [0.25, 0.3) is 17.5 Å². The molecule has 3 aromatic carbocycles. The lowest BCUT2D eigenvalue weighted by Crippen LogP contribution is -2.54. The Bertz CT molecular complexity index is 1450. The van der Waals surface area contributed by atoms with E-state index >= 15 is 0 Å². The molecule has 194 valence electrons. The first-order chi connectivity index (χ1) is 18.2. The molecule has 38 heavy (non-hydrogen) atoms. The van der Waals surface area contributed by atoms with Gasteiger partial charge >= 0.3 is 6.03 Å². The molecule has 1 N–H and O–H groups in total. The minimum absolute atomic E-state index is 0.0624. The van der Waals surface area contributed by atoms with Gasteiger partial charge in [-0.3, -0.25) is 25.0 Å². The Hall–Kier alpha value is -4.99. The van der Waals surface area contributed by atoms with Crippen molar-refractivity contribution in [1.29, 1.82) is 0 Å². The molecule has 0 atom stereocenters. The van der Waals surface area contributed by atoms with Crippen LogP contribution in [-0.4, -0.2) is 29.9 Å². The number of barbiturate groups is 1. The summed E-state index contributed by atoms with van der Waals surface area (Å²) >= 11 is 0. The lowest BCUT2D eigenvalue weighted by molar-refractivity contribution is -0.385. The Balaban J connectivity index is 1.59. The fraction of sp³-hybridized carbons (Fsp3) is 0.179. The third-order valence-corrected chi connectivity index (χ3v) is 5.99. The lowest BCUT2D eigenvalue weighted by Gasteiger charge is -2.26. The fourth-order valence-corrected chi connectivity index (χ4v) is 3.93. The molecule has 0 spiro atoms. The molecule has 0 aliphatic carbocycles. The number of hydrogen-bond donors (Lipinski definition) is 1. The van der Waals surface area contributed by atoms with Crippen LogP contribution in [0.1, 0.15) is 36.5 Å². The van der Waals surface area contributed by atoms with Crippen molar-refractivity contribution in [2.24, 2.45) is 0 Å². The second-order valence-electron chi connectivity index (χ2n) is 8.79. The summed E-state index contributed by atoms with van der Waals surface area (Å²) in [4.78, 5) is 49.9. The first kappa shape index (κ1) is 26.1. The number of nitrogens with zero attached hydrogens (tertiary/aromatic N) is 2. The second-order valence-corrected chi connectivity index (χ2v) is 8.79. The van der Waals surface area contributed by atoms with Crippen LogP contribution in [-0.2, 0) is 16.2 Å². The maximum absolute atomic E-state index is 13.2. The van der Waals surface area contributed by atoms with Gasteiger partial charge in [-0.2, -0.15) is 0 Å². The van der Waals surface area contributed by atoms with Gasteiger partial charge in [0.2, 0.25) is 0 Å². The van der Waals surface area contributed by atoms with Crippen molar-refractivity contribution in [1.82, 2.24) is 5.32 Å². The molecule has 0 bridgehead atoms. The highest BCUT2D eigenvalue weighted by Gasteiger charge is 2.36. The monoisotopic (exact) mass is 515 g/mol. The predicted molar refractivity (Wildman–Crippen MR) is 140 cm³/mol. The number of rotatable bonds is 8. The number of nitro groups is 1. The van der Waals surface area contributed by atoms with Crippen molar-refractivity contribution >= 4 is 35.3 Å². The van der Waals surface area contributed by atoms with E-state index in [0.717, 1.165) is 10.5 Å². The molecular weight excluding hydrogens is 490 g/mol. The summed E-state index contributed by atoms with van der Waals surface area (Å²) < 4.78 is 11.2. The Morgan fingerprint density at radius 2 is 1.71 bits per heavy atom. The average molecular weight is 516 g/mol. The molecule has 4 rings (SSSR count). The van der Waals surface area contributed by atoms with Crippen LogP contribution in [0.25, 0.3) is 6.08 Å². The third-order valence-electron chi connectivity index (χ3n) is 5.99. The normalized spacial score (nSPS) is 14.6. The van der Waals surface area contributed by atoms with E-state index in [1.165, 1.54) is 19.3 Å². The zero-order chi connectivity index (χ0) is 27.4. The van der Waals surface area contributed by atoms with E-state index in [1.807, 2.05) is 26.0 Å². The van der Waals surface area contributed by atoms with Crippen LogP contribution in [0.5, 0.6) is 11.5 Å². The van der Waals surface area contributed by atoms with E-state index < -0.39 is 22.8 Å². The number of nitro benzene ring substituents is 1. The van der Waals surface area contributed by atoms with Crippen molar-refractivity contribution in [2.75, 3.05) is 12.0 Å². The van der Waals surface area contributed by atoms with E-state index in [0.29, 0.717) is 28.3 Å². The summed E-state index contributed by atoms with van der Waals surface area (Å²) in [6, 6.07) is 17.1. The molecule has 1 saturated heterocycles. The molecule has 10 nitrogen and oxygen atoms in total. The molecule has 0 saturated carbocycles. The molecule has 10 heteroatoms. The molecule has 1 fully saturated rings. The number of para-hydroxylation sites is 1. The molecule has 1 aliphatic heterocycles. The van der Waals surface area contributed by atoms with Gasteiger partial charge in [-0.05, 0) is 53.5 Å². The number of benzene rings is 3. The topological polar surface area (TPSA) is 128 Å². The number of methoxy groups -OCH3 is 1. The van der Waals surface area contributed by atoms with Crippen molar-refractivity contribution in [2.45, 2.75) is 26.4 Å². The average Bonchev–Trinajstić information content (AvgIpc) is 2.90. The molecule has 1 heterocycles. The highest BCUT2D eigenvalue weighted by molar-refractivity contribution is 6.39. The maximum Gasteiger partial charge on any atom is 0.335 e. The second kappa shape index (κ2) is 11.0. The Labute approximate surface area is 218 Å². The van der Waals surface area contributed by atoms with E-state index in [4.69, 9.17) is 9.47 Å². The maximum atomic E-state index is 13.2. The fourth-order valence-electron chi connectivity index (χ4n) is 3.93. The van der Waals surface area contributed by atoms with Crippen LogP contribution in [0.3, 0.4) is 0 Å². The van der Waals surface area contributed by atoms with Gasteiger partial charge in [0.1, 0.15) is 12.2 Å². The molecule has 4 amide bonds. The summed E-state index contributed by atoms with van der Waals surface area (Å²) in [6.45, 7) is 3.99. The molecule has 0 radical (unpaired) electrons. The smallest absolute Gasteiger partial charge is 0.335 e. The van der Waals surface area contributed by atoms with Gasteiger partial charge in [-0.15, -0.1) is 0 Å². The summed E-state index contributed by atoms with van der Waals surface area (Å²) in [5.74, 6) is -0.692. The van der Waals surface area contributed by atoms with Crippen LogP contribution < -0.4 is 19.7 Å². The Morgan fingerprint density at radius 3 is 2.37 bits per heavy atom. The van der Waals surface area contributed by atoms with Gasteiger partial charge in [0.15, 0.2) is 11.5 Å². The summed E-state index contributed by atoms with van der Waals surface area (Å²) in [5.41, 5.74) is 1.93. The van der Waals surface area contributed by atoms with Crippen molar-refractivity contribution < 1.29 is 28.8 Å². The zero-order valence-corrected chi connectivity index (χ0v) is 21.0. The number of ether oxygens (including phenoxy) is 2. The summed E-state index contributed by atoms with van der Waals surface area (Å²) in [7, 11) is 1.42. The van der Waals surface area contributed by atoms with E-state index in [2.05, 4.69) is 5.32 Å². The largest absolute Gasteiger partial charge is 0.493 e. The van der Waals surface area contributed by atoms with Gasteiger partial charge in [0.05, 0.1) is 23.3 Å². The first-order valence-electron chi connectivity index (χ1n) is 11.7. The lowest BCUT2D eigenvalue weighted by atomic mass is 10.0. The van der Waals surface area contributed by atoms with Crippen molar-refractivity contribution in [3.8, 4) is 11.5 Å². The molecular formula is C28H25N3O7. The van der Waals surface area contributed by atoms with Crippen LogP contribution in [0, 0.1) is 10.1 Å². The number of imide groups is 2. The standard InChI is InChI=1S/C28H25N3O7/c1-17(2)19-9-11-21(12-10-19)30-27(33)22(26(32)29-28(30)34)14-18-8-13-24(25(15-18)37-3)38-16-20-6-4-5-7-23(20)31(35)36/h4-15,17H,16H2,1-3H3,(H,29,32,34)/b22-14-. The minimum Gasteiger partial charge on any atom is -0.493 e. The number of amides is 4. The quantitative estimate of drug-likeness (QED) is 0.194. The minimum atomic E-state index is -0.828. The van der Waals surface area contributed by atoms with Gasteiger partial charge in [-0.1, -0.05) is 44.2 Å². The Morgan fingerprint density at radius 1 is 1.00 bits per heavy atom. The molecule has 0 unspecified atom stereocenters. The van der Waals surface area contributed by atoms with Crippen molar-refractivity contribution in [3.63, 3.8) is 0 Å².